The van der Waals surface area contributed by atoms with Crippen molar-refractivity contribution in [2.75, 3.05) is 11.1 Å². The van der Waals surface area contributed by atoms with Crippen molar-refractivity contribution in [3.63, 3.8) is 0 Å². The van der Waals surface area contributed by atoms with Crippen molar-refractivity contribution in [2.24, 2.45) is 5.92 Å². The predicted molar refractivity (Wildman–Crippen MR) is 116 cm³/mol. The predicted octanol–water partition coefficient (Wildman–Crippen LogP) is 5.02. The Bertz CT molecular complexity index is 1030. The second-order valence-corrected chi connectivity index (χ2v) is 9.17. The maximum absolute atomic E-state index is 13.7. The number of aromatic nitrogens is 3. The molecule has 0 saturated heterocycles. The number of carbonyl (C=O) groups is 1. The van der Waals surface area contributed by atoms with Gasteiger partial charge in [0.2, 0.25) is 5.91 Å². The normalized spacial score (nSPS) is 15.9. The molecule has 0 aliphatic heterocycles. The summed E-state index contributed by atoms with van der Waals surface area (Å²) in [7, 11) is 0. The lowest BCUT2D eigenvalue weighted by Gasteiger charge is -2.19. The third-order valence-electron chi connectivity index (χ3n) is 5.16. The van der Waals surface area contributed by atoms with E-state index in [0.717, 1.165) is 31.1 Å². The molecule has 5 nitrogen and oxygen atoms in total. The molecule has 0 spiro atoms. The third-order valence-corrected chi connectivity index (χ3v) is 7.17. The van der Waals surface area contributed by atoms with Gasteiger partial charge >= 0.3 is 0 Å². The number of nitrogens with zero attached hydrogens (tertiary/aromatic N) is 3. The number of fused-ring (bicyclic) bond motifs is 1. The Hall–Kier alpha value is -2.19. The highest BCUT2D eigenvalue weighted by atomic mass is 32.2. The first-order valence-corrected chi connectivity index (χ1v) is 11.6. The highest BCUT2D eigenvalue weighted by Gasteiger charge is 2.24. The molecule has 1 unspecified atom stereocenters. The molecule has 1 amide bonds. The zero-order valence-corrected chi connectivity index (χ0v) is 18.1. The Balaban J connectivity index is 1.48. The standard InChI is InChI=1S/C21H23FN4OS2/c1-3-26-20(15-11-28-18-10-13(2)8-9-14(15)18)24-25-21(26)29-12-19(27)23-17-7-5-4-6-16(17)22/h4-7,11,13H,3,8-10,12H2,1-2H3,(H,23,27). The van der Waals surface area contributed by atoms with Crippen molar-refractivity contribution >= 4 is 34.7 Å². The van der Waals surface area contributed by atoms with Crippen LogP contribution in [0.15, 0.2) is 34.8 Å². The number of hydrogen-bond donors (Lipinski definition) is 1. The number of halogens is 1. The van der Waals surface area contributed by atoms with E-state index in [-0.39, 0.29) is 17.3 Å². The van der Waals surface area contributed by atoms with Crippen LogP contribution >= 0.6 is 23.1 Å². The zero-order chi connectivity index (χ0) is 20.4. The van der Waals surface area contributed by atoms with Crippen molar-refractivity contribution in [2.45, 2.75) is 44.8 Å². The van der Waals surface area contributed by atoms with Crippen LogP contribution in [0.5, 0.6) is 0 Å². The zero-order valence-electron chi connectivity index (χ0n) is 16.4. The largest absolute Gasteiger partial charge is 0.323 e. The molecule has 0 radical (unpaired) electrons. The van der Waals surface area contributed by atoms with E-state index in [0.29, 0.717) is 5.16 Å². The van der Waals surface area contributed by atoms with E-state index in [4.69, 9.17) is 0 Å². The molecule has 1 N–H and O–H groups in total. The van der Waals surface area contributed by atoms with E-state index in [9.17, 15) is 9.18 Å². The number of nitrogens with one attached hydrogen (secondary N) is 1. The number of amides is 1. The number of thioether (sulfide) groups is 1. The summed E-state index contributed by atoms with van der Waals surface area (Å²) in [6.45, 7) is 5.08. The fraction of sp³-hybridized carbons (Fsp3) is 0.381. The number of benzene rings is 1. The van der Waals surface area contributed by atoms with Gasteiger partial charge in [0, 0.05) is 22.4 Å². The summed E-state index contributed by atoms with van der Waals surface area (Å²) in [5, 5.41) is 14.3. The SMILES string of the molecule is CCn1c(SCC(=O)Nc2ccccc2F)nnc1-c1csc2c1CCC(C)C2. The first-order chi connectivity index (χ1) is 14.1. The Morgan fingerprint density at radius 2 is 2.21 bits per heavy atom. The average molecular weight is 431 g/mol. The number of anilines is 1. The lowest BCUT2D eigenvalue weighted by Crippen LogP contribution is -2.15. The maximum atomic E-state index is 13.7. The molecule has 152 valence electrons. The minimum Gasteiger partial charge on any atom is -0.323 e. The molecule has 0 saturated carbocycles. The lowest BCUT2D eigenvalue weighted by molar-refractivity contribution is -0.113. The van der Waals surface area contributed by atoms with Gasteiger partial charge in [-0.1, -0.05) is 30.8 Å². The minimum absolute atomic E-state index is 0.145. The average Bonchev–Trinajstić information content (AvgIpc) is 3.30. The number of carbonyl (C=O) groups excluding carboxylic acids is 1. The second kappa shape index (κ2) is 8.67. The van der Waals surface area contributed by atoms with Gasteiger partial charge < -0.3 is 9.88 Å². The number of para-hydroxylation sites is 1. The van der Waals surface area contributed by atoms with Crippen LogP contribution in [0.2, 0.25) is 0 Å². The lowest BCUT2D eigenvalue weighted by atomic mass is 9.88. The molecule has 1 aliphatic carbocycles. The topological polar surface area (TPSA) is 59.8 Å². The van der Waals surface area contributed by atoms with Crippen LogP contribution in [0, 0.1) is 11.7 Å². The van der Waals surface area contributed by atoms with Crippen LogP contribution in [0.4, 0.5) is 10.1 Å². The van der Waals surface area contributed by atoms with Crippen molar-refractivity contribution in [3.05, 3.63) is 45.9 Å². The van der Waals surface area contributed by atoms with E-state index in [1.807, 2.05) is 11.3 Å². The summed E-state index contributed by atoms with van der Waals surface area (Å²) in [6, 6.07) is 6.15. The van der Waals surface area contributed by atoms with Crippen molar-refractivity contribution in [1.29, 1.82) is 0 Å². The maximum Gasteiger partial charge on any atom is 0.234 e. The molecule has 0 fully saturated rings. The molecule has 2 aromatic heterocycles. The summed E-state index contributed by atoms with van der Waals surface area (Å²) < 4.78 is 15.8. The highest BCUT2D eigenvalue weighted by Crippen LogP contribution is 2.38. The van der Waals surface area contributed by atoms with Crippen LogP contribution in [-0.4, -0.2) is 26.4 Å². The number of rotatable bonds is 6. The number of thiophene rings is 1. The van der Waals surface area contributed by atoms with Crippen LogP contribution in [0.3, 0.4) is 0 Å². The molecule has 0 bridgehead atoms. The first kappa shape index (κ1) is 20.1. The molecule has 8 heteroatoms. The van der Waals surface area contributed by atoms with Crippen molar-refractivity contribution in [1.82, 2.24) is 14.8 Å². The van der Waals surface area contributed by atoms with Gasteiger partial charge in [0.1, 0.15) is 5.82 Å². The van der Waals surface area contributed by atoms with E-state index in [1.165, 1.54) is 40.3 Å². The Kier molecular flexibility index (Phi) is 6.01. The summed E-state index contributed by atoms with van der Waals surface area (Å²) >= 11 is 3.13. The monoisotopic (exact) mass is 430 g/mol. The quantitative estimate of drug-likeness (QED) is 0.558. The van der Waals surface area contributed by atoms with Crippen LogP contribution in [0.1, 0.15) is 30.7 Å². The molecule has 1 aromatic carbocycles. The van der Waals surface area contributed by atoms with Gasteiger partial charge in [-0.05, 0) is 49.8 Å². The van der Waals surface area contributed by atoms with Crippen LogP contribution in [-0.2, 0) is 24.2 Å². The summed E-state index contributed by atoms with van der Waals surface area (Å²) in [6.07, 6.45) is 3.42. The van der Waals surface area contributed by atoms with E-state index >= 15 is 0 Å². The van der Waals surface area contributed by atoms with Crippen molar-refractivity contribution < 1.29 is 9.18 Å². The molecule has 1 aliphatic rings. The minimum atomic E-state index is -0.443. The second-order valence-electron chi connectivity index (χ2n) is 7.27. The van der Waals surface area contributed by atoms with E-state index < -0.39 is 5.82 Å². The summed E-state index contributed by atoms with van der Waals surface area (Å²) in [5.74, 6) is 1.04. The highest BCUT2D eigenvalue weighted by molar-refractivity contribution is 7.99. The van der Waals surface area contributed by atoms with Gasteiger partial charge in [0.05, 0.1) is 11.4 Å². The molecule has 3 aromatic rings. The fourth-order valence-electron chi connectivity index (χ4n) is 3.62. The number of hydrogen-bond acceptors (Lipinski definition) is 5. The fourth-order valence-corrected chi connectivity index (χ4v) is 5.67. The Morgan fingerprint density at radius 3 is 3.00 bits per heavy atom. The van der Waals surface area contributed by atoms with Crippen LogP contribution in [0.25, 0.3) is 11.4 Å². The third kappa shape index (κ3) is 4.23. The molecular weight excluding hydrogens is 407 g/mol. The molecule has 4 rings (SSSR count). The van der Waals surface area contributed by atoms with Gasteiger partial charge in [-0.15, -0.1) is 21.5 Å². The first-order valence-electron chi connectivity index (χ1n) is 9.76. The van der Waals surface area contributed by atoms with Gasteiger partial charge in [-0.2, -0.15) is 0 Å². The van der Waals surface area contributed by atoms with E-state index in [1.54, 1.807) is 18.2 Å². The van der Waals surface area contributed by atoms with Crippen molar-refractivity contribution in [3.8, 4) is 11.4 Å². The smallest absolute Gasteiger partial charge is 0.234 e. The van der Waals surface area contributed by atoms with Crippen LogP contribution < -0.4 is 5.32 Å². The molecule has 29 heavy (non-hydrogen) atoms. The Labute approximate surface area is 177 Å². The van der Waals surface area contributed by atoms with Gasteiger partial charge in [-0.3, -0.25) is 4.79 Å². The Morgan fingerprint density at radius 1 is 1.38 bits per heavy atom. The summed E-state index contributed by atoms with van der Waals surface area (Å²) in [4.78, 5) is 13.7. The molecule has 1 atom stereocenters. The van der Waals surface area contributed by atoms with Gasteiger partial charge in [0.25, 0.3) is 0 Å². The molecular formula is C21H23FN4OS2. The molecule has 2 heterocycles. The van der Waals surface area contributed by atoms with Gasteiger partial charge in [0.15, 0.2) is 11.0 Å². The van der Waals surface area contributed by atoms with E-state index in [2.05, 4.69) is 39.3 Å². The van der Waals surface area contributed by atoms with Gasteiger partial charge in [-0.25, -0.2) is 4.39 Å². The summed E-state index contributed by atoms with van der Waals surface area (Å²) in [5.41, 5.74) is 2.77.